The van der Waals surface area contributed by atoms with Crippen LogP contribution in [0.25, 0.3) is 0 Å². The highest BCUT2D eigenvalue weighted by atomic mass is 16.4. The maximum atomic E-state index is 12.5. The molecule has 9 heteroatoms. The molecule has 0 aliphatic heterocycles. The van der Waals surface area contributed by atoms with Gasteiger partial charge in [-0.2, -0.15) is 0 Å². The lowest BCUT2D eigenvalue weighted by Gasteiger charge is -2.26. The number of carboxylic acids is 1. The van der Waals surface area contributed by atoms with E-state index in [1.54, 1.807) is 6.92 Å². The van der Waals surface area contributed by atoms with E-state index in [-0.39, 0.29) is 18.1 Å². The van der Waals surface area contributed by atoms with Crippen molar-refractivity contribution >= 4 is 17.8 Å². The third kappa shape index (κ3) is 6.82. The van der Waals surface area contributed by atoms with Gasteiger partial charge in [0.15, 0.2) is 0 Å². The highest BCUT2D eigenvalue weighted by molar-refractivity contribution is 5.92. The fourth-order valence-electron chi connectivity index (χ4n) is 2.50. The number of aliphatic hydroxyl groups excluding tert-OH is 1. The summed E-state index contributed by atoms with van der Waals surface area (Å²) in [6.45, 7) is 4.98. The summed E-state index contributed by atoms with van der Waals surface area (Å²) in [5, 5.41) is 33.3. The molecule has 5 unspecified atom stereocenters. The monoisotopic (exact) mass is 395 g/mol. The van der Waals surface area contributed by atoms with E-state index in [2.05, 4.69) is 10.6 Å². The number of aliphatic carboxylic acids is 1. The Morgan fingerprint density at radius 3 is 2.11 bits per heavy atom. The van der Waals surface area contributed by atoms with Crippen LogP contribution in [0.2, 0.25) is 0 Å². The molecule has 0 saturated heterocycles. The van der Waals surface area contributed by atoms with Crippen LogP contribution in [-0.2, 0) is 20.8 Å². The van der Waals surface area contributed by atoms with Gasteiger partial charge < -0.3 is 31.7 Å². The standard InChI is InChI=1S/C19H29N3O6/c1-4-10(2)15(20)17(25)22-16(11(3)23)18(26)21-14(19(27)28)9-12-5-7-13(24)8-6-12/h5-8,10-11,14-16,23-24H,4,9,20H2,1-3H3,(H,21,26)(H,22,25)(H,27,28). The summed E-state index contributed by atoms with van der Waals surface area (Å²) in [6, 6.07) is 2.41. The van der Waals surface area contributed by atoms with Crippen molar-refractivity contribution in [1.29, 1.82) is 0 Å². The van der Waals surface area contributed by atoms with E-state index in [0.29, 0.717) is 12.0 Å². The van der Waals surface area contributed by atoms with Crippen molar-refractivity contribution in [1.82, 2.24) is 10.6 Å². The average Bonchev–Trinajstić information content (AvgIpc) is 2.65. The van der Waals surface area contributed by atoms with Crippen LogP contribution in [0.15, 0.2) is 24.3 Å². The molecule has 0 aliphatic carbocycles. The molecule has 156 valence electrons. The third-order valence-corrected chi connectivity index (χ3v) is 4.61. The van der Waals surface area contributed by atoms with Crippen LogP contribution >= 0.6 is 0 Å². The second kappa shape index (κ2) is 10.6. The van der Waals surface area contributed by atoms with Crippen LogP contribution in [-0.4, -0.2) is 57.3 Å². The van der Waals surface area contributed by atoms with Gasteiger partial charge in [0, 0.05) is 6.42 Å². The van der Waals surface area contributed by atoms with Crippen LogP contribution in [0.3, 0.4) is 0 Å². The molecule has 9 nitrogen and oxygen atoms in total. The van der Waals surface area contributed by atoms with Gasteiger partial charge in [0.05, 0.1) is 12.1 Å². The molecular weight excluding hydrogens is 366 g/mol. The first-order valence-electron chi connectivity index (χ1n) is 9.11. The van der Waals surface area contributed by atoms with Crippen LogP contribution in [0.4, 0.5) is 0 Å². The first kappa shape index (κ1) is 23.4. The van der Waals surface area contributed by atoms with Crippen molar-refractivity contribution in [2.75, 3.05) is 0 Å². The Kier molecular flexibility index (Phi) is 8.87. The van der Waals surface area contributed by atoms with E-state index in [1.807, 2.05) is 6.92 Å². The molecule has 2 amide bonds. The van der Waals surface area contributed by atoms with Gasteiger partial charge in [-0.25, -0.2) is 4.79 Å². The molecule has 1 aromatic carbocycles. The van der Waals surface area contributed by atoms with Crippen molar-refractivity contribution in [3.05, 3.63) is 29.8 Å². The van der Waals surface area contributed by atoms with Crippen molar-refractivity contribution in [3.63, 3.8) is 0 Å². The largest absolute Gasteiger partial charge is 0.508 e. The minimum atomic E-state index is -1.34. The number of amides is 2. The van der Waals surface area contributed by atoms with Crippen molar-refractivity contribution < 1.29 is 29.7 Å². The number of nitrogens with one attached hydrogen (secondary N) is 2. The Bertz CT molecular complexity index is 677. The van der Waals surface area contributed by atoms with Crippen molar-refractivity contribution in [2.45, 2.75) is 57.8 Å². The van der Waals surface area contributed by atoms with Gasteiger partial charge in [-0.3, -0.25) is 9.59 Å². The summed E-state index contributed by atoms with van der Waals surface area (Å²) in [5.74, 6) is -2.78. The van der Waals surface area contributed by atoms with Crippen LogP contribution in [0.1, 0.15) is 32.8 Å². The van der Waals surface area contributed by atoms with Gasteiger partial charge in [0.1, 0.15) is 17.8 Å². The number of carbonyl (C=O) groups is 3. The number of phenols is 1. The minimum absolute atomic E-state index is 0.0335. The fourth-order valence-corrected chi connectivity index (χ4v) is 2.50. The number of benzene rings is 1. The normalized spacial score (nSPS) is 16.3. The molecule has 1 rings (SSSR count). The van der Waals surface area contributed by atoms with Crippen LogP contribution < -0.4 is 16.4 Å². The van der Waals surface area contributed by atoms with Gasteiger partial charge in [0.25, 0.3) is 0 Å². The highest BCUT2D eigenvalue weighted by Crippen LogP contribution is 2.12. The number of aromatic hydroxyl groups is 1. The number of aliphatic hydroxyl groups is 1. The second-order valence-corrected chi connectivity index (χ2v) is 6.91. The zero-order valence-electron chi connectivity index (χ0n) is 16.3. The van der Waals surface area contributed by atoms with E-state index in [4.69, 9.17) is 5.73 Å². The Labute approximate surface area is 163 Å². The predicted octanol–water partition coefficient (Wildman–Crippen LogP) is -0.257. The zero-order chi connectivity index (χ0) is 21.4. The Hall–Kier alpha value is -2.65. The molecule has 0 spiro atoms. The Morgan fingerprint density at radius 1 is 1.07 bits per heavy atom. The highest BCUT2D eigenvalue weighted by Gasteiger charge is 2.31. The summed E-state index contributed by atoms with van der Waals surface area (Å²) < 4.78 is 0. The second-order valence-electron chi connectivity index (χ2n) is 6.91. The predicted molar refractivity (Wildman–Crippen MR) is 102 cm³/mol. The number of hydrogen-bond acceptors (Lipinski definition) is 6. The maximum Gasteiger partial charge on any atom is 0.326 e. The average molecular weight is 395 g/mol. The third-order valence-electron chi connectivity index (χ3n) is 4.61. The van der Waals surface area contributed by atoms with Crippen molar-refractivity contribution in [2.24, 2.45) is 11.7 Å². The molecule has 0 fully saturated rings. The number of carbonyl (C=O) groups excluding carboxylic acids is 2. The SMILES string of the molecule is CCC(C)C(N)C(=O)NC(C(=O)NC(Cc1ccc(O)cc1)C(=O)O)C(C)O. The van der Waals surface area contributed by atoms with E-state index in [0.717, 1.165) is 0 Å². The molecule has 0 bridgehead atoms. The summed E-state index contributed by atoms with van der Waals surface area (Å²) >= 11 is 0. The van der Waals surface area contributed by atoms with Crippen molar-refractivity contribution in [3.8, 4) is 5.75 Å². The summed E-state index contributed by atoms with van der Waals surface area (Å²) in [4.78, 5) is 36.3. The summed E-state index contributed by atoms with van der Waals surface area (Å²) in [5.41, 5.74) is 6.43. The Balaban J connectivity index is 2.85. The summed E-state index contributed by atoms with van der Waals surface area (Å²) in [7, 11) is 0. The molecule has 7 N–H and O–H groups in total. The lowest BCUT2D eigenvalue weighted by molar-refractivity contribution is -0.143. The number of hydrogen-bond donors (Lipinski definition) is 6. The molecule has 5 atom stereocenters. The first-order valence-corrected chi connectivity index (χ1v) is 9.11. The number of nitrogens with two attached hydrogens (primary N) is 1. The van der Waals surface area contributed by atoms with E-state index < -0.39 is 42.0 Å². The summed E-state index contributed by atoms with van der Waals surface area (Å²) in [6.07, 6.45) is -0.626. The molecule has 28 heavy (non-hydrogen) atoms. The Morgan fingerprint density at radius 2 is 1.64 bits per heavy atom. The van der Waals surface area contributed by atoms with E-state index in [1.165, 1.54) is 31.2 Å². The lowest BCUT2D eigenvalue weighted by Crippen LogP contribution is -2.59. The number of carboxylic acid groups (broad SMARTS) is 1. The fraction of sp³-hybridized carbons (Fsp3) is 0.526. The first-order chi connectivity index (χ1) is 13.1. The lowest BCUT2D eigenvalue weighted by atomic mass is 9.98. The molecule has 0 aliphatic rings. The molecule has 0 aromatic heterocycles. The molecule has 0 heterocycles. The van der Waals surface area contributed by atoms with Gasteiger partial charge >= 0.3 is 5.97 Å². The number of rotatable bonds is 10. The molecule has 0 radical (unpaired) electrons. The van der Waals surface area contributed by atoms with Gasteiger partial charge in [-0.1, -0.05) is 32.4 Å². The topological polar surface area (TPSA) is 162 Å². The van der Waals surface area contributed by atoms with Gasteiger partial charge in [-0.05, 0) is 30.5 Å². The quantitative estimate of drug-likeness (QED) is 0.318. The minimum Gasteiger partial charge on any atom is -0.508 e. The number of phenolic OH excluding ortho intramolecular Hbond substituents is 1. The van der Waals surface area contributed by atoms with Gasteiger partial charge in [-0.15, -0.1) is 0 Å². The molecule has 1 aromatic rings. The smallest absolute Gasteiger partial charge is 0.326 e. The zero-order valence-corrected chi connectivity index (χ0v) is 16.3. The van der Waals surface area contributed by atoms with Crippen LogP contribution in [0.5, 0.6) is 5.75 Å². The maximum absolute atomic E-state index is 12.5. The van der Waals surface area contributed by atoms with E-state index >= 15 is 0 Å². The van der Waals surface area contributed by atoms with E-state index in [9.17, 15) is 29.7 Å². The molecular formula is C19H29N3O6. The van der Waals surface area contributed by atoms with Gasteiger partial charge in [0.2, 0.25) is 11.8 Å². The van der Waals surface area contributed by atoms with Crippen LogP contribution in [0, 0.1) is 5.92 Å². The molecule has 0 saturated carbocycles.